The SMILES string of the molecule is CCc1ccc(-c2noc(C3=C(C)N(c4cc(OC)cc(OC)c4)C(=O)NC3c3ccccc3)n2)cc1. The van der Waals surface area contributed by atoms with Crippen molar-refractivity contribution in [2.24, 2.45) is 0 Å². The minimum Gasteiger partial charge on any atom is -0.497 e. The second-order valence-electron chi connectivity index (χ2n) is 8.67. The molecule has 0 fully saturated rings. The van der Waals surface area contributed by atoms with Crippen molar-refractivity contribution in [1.82, 2.24) is 15.5 Å². The van der Waals surface area contributed by atoms with Crippen LogP contribution in [0.25, 0.3) is 17.0 Å². The summed E-state index contributed by atoms with van der Waals surface area (Å²) in [5.41, 5.74) is 4.94. The Morgan fingerprint density at radius 2 is 1.65 bits per heavy atom. The van der Waals surface area contributed by atoms with Gasteiger partial charge in [-0.3, -0.25) is 4.90 Å². The molecule has 2 heterocycles. The van der Waals surface area contributed by atoms with Crippen LogP contribution in [0, 0.1) is 0 Å². The van der Waals surface area contributed by atoms with Crippen molar-refractivity contribution in [3.63, 3.8) is 0 Å². The van der Waals surface area contributed by atoms with Gasteiger partial charge in [-0.15, -0.1) is 0 Å². The molecular formula is C29H28N4O4. The molecule has 188 valence electrons. The largest absolute Gasteiger partial charge is 0.497 e. The molecule has 1 aliphatic rings. The molecule has 2 amide bonds. The molecule has 1 aliphatic heterocycles. The van der Waals surface area contributed by atoms with Gasteiger partial charge in [0.25, 0.3) is 5.89 Å². The fraction of sp³-hybridized carbons (Fsp3) is 0.207. The molecule has 1 atom stereocenters. The lowest BCUT2D eigenvalue weighted by molar-refractivity contribution is 0.244. The molecule has 0 saturated heterocycles. The van der Waals surface area contributed by atoms with E-state index in [4.69, 9.17) is 19.0 Å². The van der Waals surface area contributed by atoms with E-state index < -0.39 is 6.04 Å². The van der Waals surface area contributed by atoms with Crippen LogP contribution in [0.3, 0.4) is 0 Å². The van der Waals surface area contributed by atoms with E-state index in [9.17, 15) is 4.79 Å². The molecule has 5 rings (SSSR count). The van der Waals surface area contributed by atoms with Gasteiger partial charge >= 0.3 is 6.03 Å². The zero-order chi connectivity index (χ0) is 25.9. The van der Waals surface area contributed by atoms with Crippen LogP contribution in [0.2, 0.25) is 0 Å². The van der Waals surface area contributed by atoms with Crippen molar-refractivity contribution in [3.05, 3.63) is 95.5 Å². The summed E-state index contributed by atoms with van der Waals surface area (Å²) < 4.78 is 16.7. The van der Waals surface area contributed by atoms with Crippen LogP contribution < -0.4 is 19.7 Å². The Bertz CT molecular complexity index is 1420. The first-order valence-electron chi connectivity index (χ1n) is 12.0. The van der Waals surface area contributed by atoms with Crippen molar-refractivity contribution in [3.8, 4) is 22.9 Å². The number of anilines is 1. The highest BCUT2D eigenvalue weighted by Crippen LogP contribution is 2.40. The Morgan fingerprint density at radius 3 is 2.27 bits per heavy atom. The van der Waals surface area contributed by atoms with Crippen molar-refractivity contribution in [2.75, 3.05) is 19.1 Å². The van der Waals surface area contributed by atoms with Gasteiger partial charge < -0.3 is 19.3 Å². The number of carbonyl (C=O) groups is 1. The van der Waals surface area contributed by atoms with Crippen LogP contribution in [-0.2, 0) is 6.42 Å². The summed E-state index contributed by atoms with van der Waals surface area (Å²) in [5.74, 6) is 1.95. The molecular weight excluding hydrogens is 468 g/mol. The fourth-order valence-corrected chi connectivity index (χ4v) is 4.49. The fourth-order valence-electron chi connectivity index (χ4n) is 4.49. The van der Waals surface area contributed by atoms with Crippen LogP contribution in [0.15, 0.2) is 83.0 Å². The topological polar surface area (TPSA) is 89.7 Å². The summed E-state index contributed by atoms with van der Waals surface area (Å²) >= 11 is 0. The van der Waals surface area contributed by atoms with Crippen molar-refractivity contribution >= 4 is 17.3 Å². The van der Waals surface area contributed by atoms with Gasteiger partial charge in [0, 0.05) is 29.5 Å². The lowest BCUT2D eigenvalue weighted by atomic mass is 9.94. The number of rotatable bonds is 7. The normalized spacial score (nSPS) is 15.5. The standard InChI is InChI=1S/C29H28N4O4/c1-5-19-11-13-21(14-12-19)27-31-28(37-32-27)25-18(2)33(22-15-23(35-3)17-24(16-22)36-4)29(34)30-26(25)20-9-7-6-8-10-20/h6-17,26H,5H2,1-4H3,(H,30,34). The number of nitrogens with one attached hydrogen (secondary N) is 1. The van der Waals surface area contributed by atoms with Gasteiger partial charge in [-0.1, -0.05) is 66.7 Å². The van der Waals surface area contributed by atoms with E-state index in [1.54, 1.807) is 37.3 Å². The average molecular weight is 497 g/mol. The second-order valence-corrected chi connectivity index (χ2v) is 8.67. The molecule has 1 N–H and O–H groups in total. The van der Waals surface area contributed by atoms with Crippen molar-refractivity contribution < 1.29 is 18.8 Å². The average Bonchev–Trinajstić information content (AvgIpc) is 3.42. The molecule has 0 radical (unpaired) electrons. The van der Waals surface area contributed by atoms with E-state index in [-0.39, 0.29) is 6.03 Å². The Balaban J connectivity index is 1.64. The van der Waals surface area contributed by atoms with Gasteiger partial charge in [0.05, 0.1) is 31.5 Å². The molecule has 3 aromatic carbocycles. The predicted octanol–water partition coefficient (Wildman–Crippen LogP) is 6.02. The third kappa shape index (κ3) is 4.65. The number of aromatic nitrogens is 2. The van der Waals surface area contributed by atoms with E-state index in [0.29, 0.717) is 40.2 Å². The number of aryl methyl sites for hydroxylation is 1. The highest BCUT2D eigenvalue weighted by molar-refractivity contribution is 6.01. The van der Waals surface area contributed by atoms with Gasteiger partial charge in [0.2, 0.25) is 5.82 Å². The summed E-state index contributed by atoms with van der Waals surface area (Å²) in [6, 6.07) is 22.4. The molecule has 0 bridgehead atoms. The maximum atomic E-state index is 13.5. The quantitative estimate of drug-likeness (QED) is 0.337. The lowest BCUT2D eigenvalue weighted by Crippen LogP contribution is -2.46. The number of hydrogen-bond donors (Lipinski definition) is 1. The summed E-state index contributed by atoms with van der Waals surface area (Å²) in [5, 5.41) is 7.38. The molecule has 8 heteroatoms. The number of allylic oxidation sites excluding steroid dienone is 1. The number of benzene rings is 3. The Kier molecular flexibility index (Phi) is 6.64. The highest BCUT2D eigenvalue weighted by Gasteiger charge is 2.36. The van der Waals surface area contributed by atoms with Gasteiger partial charge in [-0.25, -0.2) is 4.79 Å². The monoisotopic (exact) mass is 496 g/mol. The maximum Gasteiger partial charge on any atom is 0.327 e. The van der Waals surface area contributed by atoms with Gasteiger partial charge in [-0.2, -0.15) is 4.98 Å². The molecule has 8 nitrogen and oxygen atoms in total. The third-order valence-electron chi connectivity index (χ3n) is 6.49. The lowest BCUT2D eigenvalue weighted by Gasteiger charge is -2.35. The first kappa shape index (κ1) is 24.1. The summed E-state index contributed by atoms with van der Waals surface area (Å²) in [6.45, 7) is 3.98. The highest BCUT2D eigenvalue weighted by atomic mass is 16.5. The number of ether oxygens (including phenoxy) is 2. The van der Waals surface area contributed by atoms with E-state index >= 15 is 0 Å². The molecule has 0 spiro atoms. The first-order valence-corrected chi connectivity index (χ1v) is 12.0. The summed E-state index contributed by atoms with van der Waals surface area (Å²) in [6.07, 6.45) is 0.952. The number of nitrogens with zero attached hydrogens (tertiary/aromatic N) is 3. The number of carbonyl (C=O) groups excluding carboxylic acids is 1. The Labute approximate surface area is 215 Å². The maximum absolute atomic E-state index is 13.5. The van der Waals surface area contributed by atoms with E-state index in [2.05, 4.69) is 29.5 Å². The minimum absolute atomic E-state index is 0.291. The molecule has 4 aromatic rings. The minimum atomic E-state index is -0.478. The smallest absolute Gasteiger partial charge is 0.327 e. The predicted molar refractivity (Wildman–Crippen MR) is 141 cm³/mol. The van der Waals surface area contributed by atoms with E-state index in [1.165, 1.54) is 5.56 Å². The number of methoxy groups -OCH3 is 2. The van der Waals surface area contributed by atoms with Gasteiger partial charge in [-0.05, 0) is 24.5 Å². The zero-order valence-corrected chi connectivity index (χ0v) is 21.2. The Morgan fingerprint density at radius 1 is 0.973 bits per heavy atom. The first-order chi connectivity index (χ1) is 18.0. The van der Waals surface area contributed by atoms with Crippen molar-refractivity contribution in [2.45, 2.75) is 26.3 Å². The number of amides is 2. The molecule has 0 saturated carbocycles. The molecule has 1 unspecified atom stereocenters. The van der Waals surface area contributed by atoms with E-state index in [1.807, 2.05) is 49.4 Å². The van der Waals surface area contributed by atoms with Gasteiger partial charge in [0.15, 0.2) is 0 Å². The van der Waals surface area contributed by atoms with Crippen LogP contribution in [-0.4, -0.2) is 30.4 Å². The number of hydrogen-bond acceptors (Lipinski definition) is 6. The Hall–Kier alpha value is -4.59. The van der Waals surface area contributed by atoms with Crippen LogP contribution in [0.5, 0.6) is 11.5 Å². The molecule has 0 aliphatic carbocycles. The number of urea groups is 1. The van der Waals surface area contributed by atoms with Crippen LogP contribution in [0.1, 0.15) is 36.9 Å². The molecule has 1 aromatic heterocycles. The summed E-state index contributed by atoms with van der Waals surface area (Å²) in [7, 11) is 3.14. The van der Waals surface area contributed by atoms with Crippen molar-refractivity contribution in [1.29, 1.82) is 0 Å². The zero-order valence-electron chi connectivity index (χ0n) is 21.2. The van der Waals surface area contributed by atoms with Crippen LogP contribution >= 0.6 is 0 Å². The van der Waals surface area contributed by atoms with E-state index in [0.717, 1.165) is 17.5 Å². The third-order valence-corrected chi connectivity index (χ3v) is 6.49. The van der Waals surface area contributed by atoms with Crippen LogP contribution in [0.4, 0.5) is 10.5 Å². The second kappa shape index (κ2) is 10.2. The molecule has 37 heavy (non-hydrogen) atoms. The summed E-state index contributed by atoms with van der Waals surface area (Å²) in [4.78, 5) is 19.8. The van der Waals surface area contributed by atoms with Gasteiger partial charge in [0.1, 0.15) is 11.5 Å².